The summed E-state index contributed by atoms with van der Waals surface area (Å²) in [6.45, 7) is 0.666. The van der Waals surface area contributed by atoms with Crippen LogP contribution in [0.3, 0.4) is 0 Å². The number of amides is 1. The van der Waals surface area contributed by atoms with Crippen molar-refractivity contribution in [3.8, 4) is 5.75 Å². The maximum absolute atomic E-state index is 12.9. The first-order chi connectivity index (χ1) is 13.4. The lowest BCUT2D eigenvalue weighted by Gasteiger charge is -2.57. The molecular formula is C22H29NO4S. The van der Waals surface area contributed by atoms with Gasteiger partial charge in [-0.15, -0.1) is 0 Å². The number of carbonyl (C=O) groups excluding carboxylic acids is 1. The van der Waals surface area contributed by atoms with Gasteiger partial charge in [0.15, 0.2) is 9.84 Å². The summed E-state index contributed by atoms with van der Waals surface area (Å²) in [5, 5.41) is -0.485. The monoisotopic (exact) mass is 403 g/mol. The first-order valence-corrected chi connectivity index (χ1v) is 12.1. The zero-order chi connectivity index (χ0) is 19.5. The van der Waals surface area contributed by atoms with Crippen LogP contribution in [-0.2, 0) is 14.6 Å². The fourth-order valence-corrected chi connectivity index (χ4v) is 8.39. The smallest absolute Gasteiger partial charge is 0.223 e. The Bertz CT molecular complexity index is 835. The minimum Gasteiger partial charge on any atom is -0.497 e. The number of methoxy groups -OCH3 is 1. The molecule has 0 radical (unpaired) electrons. The van der Waals surface area contributed by atoms with Gasteiger partial charge in [-0.1, -0.05) is 0 Å². The van der Waals surface area contributed by atoms with E-state index >= 15 is 0 Å². The summed E-state index contributed by atoms with van der Waals surface area (Å²) < 4.78 is 30.7. The van der Waals surface area contributed by atoms with Crippen LogP contribution < -0.4 is 4.74 Å². The van der Waals surface area contributed by atoms with Crippen molar-refractivity contribution in [1.82, 2.24) is 4.90 Å². The highest BCUT2D eigenvalue weighted by atomic mass is 32.2. The Kier molecular flexibility index (Phi) is 4.27. The number of nitrogens with zero attached hydrogens (tertiary/aromatic N) is 1. The fourth-order valence-electron chi connectivity index (χ4n) is 6.73. The van der Waals surface area contributed by atoms with Crippen molar-refractivity contribution in [3.05, 3.63) is 24.3 Å². The van der Waals surface area contributed by atoms with Crippen LogP contribution in [0.2, 0.25) is 0 Å². The van der Waals surface area contributed by atoms with Crippen molar-refractivity contribution < 1.29 is 17.9 Å². The molecule has 1 aromatic rings. The summed E-state index contributed by atoms with van der Waals surface area (Å²) in [7, 11) is -1.84. The molecule has 0 aromatic heterocycles. The number of hydrogen-bond donors (Lipinski definition) is 0. The van der Waals surface area contributed by atoms with Gasteiger partial charge in [-0.05, 0) is 86.0 Å². The van der Waals surface area contributed by atoms with Gasteiger partial charge in [0.2, 0.25) is 5.91 Å². The Morgan fingerprint density at radius 2 is 1.57 bits per heavy atom. The predicted molar refractivity (Wildman–Crippen MR) is 106 cm³/mol. The number of carbonyl (C=O) groups is 1. The summed E-state index contributed by atoms with van der Waals surface area (Å²) in [4.78, 5) is 15.0. The van der Waals surface area contributed by atoms with Crippen LogP contribution in [0.25, 0.3) is 0 Å². The third-order valence-corrected chi connectivity index (χ3v) is 9.82. The van der Waals surface area contributed by atoms with Gasteiger partial charge in [0.25, 0.3) is 0 Å². The topological polar surface area (TPSA) is 63.7 Å². The largest absolute Gasteiger partial charge is 0.497 e. The third-order valence-electron chi connectivity index (χ3n) is 7.72. The van der Waals surface area contributed by atoms with E-state index in [1.54, 1.807) is 36.3 Å². The van der Waals surface area contributed by atoms with E-state index in [0.717, 1.165) is 17.8 Å². The second kappa shape index (κ2) is 6.48. The van der Waals surface area contributed by atoms with Crippen LogP contribution in [-0.4, -0.2) is 44.7 Å². The minimum atomic E-state index is -3.40. The average Bonchev–Trinajstić information content (AvgIpc) is 2.58. The van der Waals surface area contributed by atoms with Crippen LogP contribution in [0.5, 0.6) is 5.75 Å². The molecule has 28 heavy (non-hydrogen) atoms. The zero-order valence-corrected chi connectivity index (χ0v) is 17.3. The Labute approximate surface area is 167 Å². The Morgan fingerprint density at radius 1 is 1.04 bits per heavy atom. The van der Waals surface area contributed by atoms with E-state index in [-0.39, 0.29) is 11.3 Å². The predicted octanol–water partition coefficient (Wildman–Crippen LogP) is 3.29. The van der Waals surface area contributed by atoms with Crippen LogP contribution >= 0.6 is 0 Å². The molecule has 5 aliphatic rings. The lowest BCUT2D eigenvalue weighted by atomic mass is 9.49. The van der Waals surface area contributed by atoms with E-state index in [1.807, 2.05) is 0 Å². The standard InChI is InChI=1S/C22H29NO4S/c1-27-18-2-4-19(5-3-18)28(25,26)20-13-23(14-20)21(24)12-22-9-15-6-16(10-22)8-17(7-15)11-22/h2-5,15-17,20H,6-14H2,1H3. The van der Waals surface area contributed by atoms with Crippen LogP contribution in [0, 0.1) is 23.2 Å². The Hall–Kier alpha value is -1.56. The first kappa shape index (κ1) is 18.5. The van der Waals surface area contributed by atoms with Crippen LogP contribution in [0.1, 0.15) is 44.9 Å². The molecule has 5 fully saturated rings. The van der Waals surface area contributed by atoms with Gasteiger partial charge in [-0.25, -0.2) is 8.42 Å². The van der Waals surface area contributed by atoms with Gasteiger partial charge < -0.3 is 9.64 Å². The summed E-state index contributed by atoms with van der Waals surface area (Å²) in [6, 6.07) is 6.52. The van der Waals surface area contributed by atoms with E-state index in [9.17, 15) is 13.2 Å². The van der Waals surface area contributed by atoms with Gasteiger partial charge in [0.05, 0.1) is 12.0 Å². The lowest BCUT2D eigenvalue weighted by Crippen LogP contribution is -2.58. The zero-order valence-electron chi connectivity index (χ0n) is 16.5. The molecule has 6 rings (SSSR count). The Balaban J connectivity index is 1.21. The van der Waals surface area contributed by atoms with E-state index in [4.69, 9.17) is 4.74 Å². The minimum absolute atomic E-state index is 0.170. The molecule has 0 N–H and O–H groups in total. The molecule has 1 aliphatic heterocycles. The molecule has 1 aromatic carbocycles. The molecule has 6 heteroatoms. The highest BCUT2D eigenvalue weighted by Crippen LogP contribution is 2.61. The molecule has 1 heterocycles. The van der Waals surface area contributed by atoms with Crippen molar-refractivity contribution in [3.63, 3.8) is 0 Å². The number of rotatable bonds is 5. The van der Waals surface area contributed by atoms with E-state index < -0.39 is 15.1 Å². The van der Waals surface area contributed by atoms with Gasteiger partial charge in [0.1, 0.15) is 11.0 Å². The van der Waals surface area contributed by atoms with Crippen molar-refractivity contribution in [1.29, 1.82) is 0 Å². The SMILES string of the molecule is COc1ccc(S(=O)(=O)C2CN(C(=O)CC34CC5CC(CC(C5)C3)C4)C2)cc1. The number of benzene rings is 1. The molecule has 152 valence electrons. The number of likely N-dealkylation sites (tertiary alicyclic amines) is 1. The van der Waals surface area contributed by atoms with Gasteiger partial charge in [-0.3, -0.25) is 4.79 Å². The number of sulfone groups is 1. The van der Waals surface area contributed by atoms with Crippen molar-refractivity contribution >= 4 is 15.7 Å². The molecule has 1 saturated heterocycles. The lowest BCUT2D eigenvalue weighted by molar-refractivity contribution is -0.142. The Morgan fingerprint density at radius 3 is 2.07 bits per heavy atom. The first-order valence-electron chi connectivity index (χ1n) is 10.5. The van der Waals surface area contributed by atoms with Gasteiger partial charge >= 0.3 is 0 Å². The molecule has 5 nitrogen and oxygen atoms in total. The second-order valence-corrected chi connectivity index (χ2v) is 12.0. The molecule has 4 bridgehead atoms. The normalized spacial score (nSPS) is 34.3. The molecular weight excluding hydrogens is 374 g/mol. The van der Waals surface area contributed by atoms with Crippen LogP contribution in [0.15, 0.2) is 29.2 Å². The van der Waals surface area contributed by atoms with Crippen molar-refractivity contribution in [2.75, 3.05) is 20.2 Å². The quantitative estimate of drug-likeness (QED) is 0.757. The maximum Gasteiger partial charge on any atom is 0.223 e. The number of hydrogen-bond acceptors (Lipinski definition) is 4. The van der Waals surface area contributed by atoms with Crippen molar-refractivity contribution in [2.24, 2.45) is 23.2 Å². The summed E-state index contributed by atoms with van der Waals surface area (Å²) >= 11 is 0. The molecule has 0 unspecified atom stereocenters. The van der Waals surface area contributed by atoms with Gasteiger partial charge in [-0.2, -0.15) is 0 Å². The number of ether oxygens (including phenoxy) is 1. The van der Waals surface area contributed by atoms with Crippen molar-refractivity contribution in [2.45, 2.75) is 55.1 Å². The summed E-state index contributed by atoms with van der Waals surface area (Å²) in [5.41, 5.74) is 0.214. The summed E-state index contributed by atoms with van der Waals surface area (Å²) in [5.74, 6) is 3.30. The average molecular weight is 404 g/mol. The molecule has 1 amide bonds. The van der Waals surface area contributed by atoms with E-state index in [1.165, 1.54) is 38.5 Å². The fraction of sp³-hybridized carbons (Fsp3) is 0.682. The molecule has 4 saturated carbocycles. The molecule has 4 aliphatic carbocycles. The maximum atomic E-state index is 12.9. The third kappa shape index (κ3) is 3.04. The van der Waals surface area contributed by atoms with E-state index in [0.29, 0.717) is 30.2 Å². The van der Waals surface area contributed by atoms with Crippen LogP contribution in [0.4, 0.5) is 0 Å². The van der Waals surface area contributed by atoms with E-state index in [2.05, 4.69) is 0 Å². The molecule has 0 spiro atoms. The summed E-state index contributed by atoms with van der Waals surface area (Å²) in [6.07, 6.45) is 8.40. The second-order valence-electron chi connectivity index (χ2n) is 9.74. The van der Waals surface area contributed by atoms with Gasteiger partial charge in [0, 0.05) is 19.5 Å². The molecule has 0 atom stereocenters. The highest BCUT2D eigenvalue weighted by molar-refractivity contribution is 7.92. The highest BCUT2D eigenvalue weighted by Gasteiger charge is 2.52.